The van der Waals surface area contributed by atoms with Gasteiger partial charge in [0, 0.05) is 9.58 Å². The van der Waals surface area contributed by atoms with Gasteiger partial charge in [0.05, 0.1) is 10.6 Å². The highest BCUT2D eigenvalue weighted by atomic mass is 32.1. The van der Waals surface area contributed by atoms with E-state index in [1.54, 1.807) is 11.3 Å². The number of hydrogen-bond acceptors (Lipinski definition) is 4. The van der Waals surface area contributed by atoms with Gasteiger partial charge < -0.3 is 10.8 Å². The van der Waals surface area contributed by atoms with Crippen LogP contribution in [0.4, 0.5) is 5.69 Å². The third kappa shape index (κ3) is 1.99. The molecule has 0 atom stereocenters. The number of benzene rings is 1. The lowest BCUT2D eigenvalue weighted by molar-refractivity contribution is 0.0703. The Morgan fingerprint density at radius 3 is 2.70 bits per heavy atom. The van der Waals surface area contributed by atoms with Crippen molar-refractivity contribution in [3.05, 3.63) is 40.8 Å². The highest BCUT2D eigenvalue weighted by molar-refractivity contribution is 7.26. The SMILES string of the molecule is CCc1c(-c2cc3ccccc3s2)sc(C(=O)O)c1N. The van der Waals surface area contributed by atoms with Crippen LogP contribution in [-0.4, -0.2) is 11.1 Å². The number of anilines is 1. The van der Waals surface area contributed by atoms with E-state index in [4.69, 9.17) is 5.73 Å². The number of aromatic carboxylic acids is 1. The standard InChI is InChI=1S/C15H13NO2S2/c1-2-9-12(16)14(15(17)18)20-13(9)11-7-8-5-3-4-6-10(8)19-11/h3-7H,2,16H2,1H3,(H,17,18). The molecule has 0 aliphatic carbocycles. The van der Waals surface area contributed by atoms with Crippen molar-refractivity contribution in [2.24, 2.45) is 0 Å². The topological polar surface area (TPSA) is 63.3 Å². The zero-order valence-corrected chi connectivity index (χ0v) is 12.5. The van der Waals surface area contributed by atoms with Crippen molar-refractivity contribution in [1.82, 2.24) is 0 Å². The van der Waals surface area contributed by atoms with Crippen LogP contribution in [0.25, 0.3) is 19.8 Å². The lowest BCUT2D eigenvalue weighted by Crippen LogP contribution is -1.99. The minimum absolute atomic E-state index is 0.245. The summed E-state index contributed by atoms with van der Waals surface area (Å²) in [4.78, 5) is 13.6. The first kappa shape index (κ1) is 13.1. The molecule has 3 N–H and O–H groups in total. The van der Waals surface area contributed by atoms with Gasteiger partial charge in [0.25, 0.3) is 0 Å². The molecule has 0 saturated carbocycles. The van der Waals surface area contributed by atoms with Gasteiger partial charge >= 0.3 is 5.97 Å². The number of thiophene rings is 2. The van der Waals surface area contributed by atoms with Crippen LogP contribution in [0.15, 0.2) is 30.3 Å². The fourth-order valence-electron chi connectivity index (χ4n) is 2.28. The summed E-state index contributed by atoms with van der Waals surface area (Å²) in [5, 5.41) is 10.4. The molecule has 0 unspecified atom stereocenters. The van der Waals surface area contributed by atoms with Crippen LogP contribution in [0.3, 0.4) is 0 Å². The molecule has 0 radical (unpaired) electrons. The minimum atomic E-state index is -0.949. The van der Waals surface area contributed by atoms with Gasteiger partial charge in [-0.3, -0.25) is 0 Å². The molecule has 0 spiro atoms. The molecule has 5 heteroatoms. The Morgan fingerprint density at radius 1 is 1.30 bits per heavy atom. The van der Waals surface area contributed by atoms with Gasteiger partial charge in [0.15, 0.2) is 0 Å². The van der Waals surface area contributed by atoms with Crippen LogP contribution in [0.5, 0.6) is 0 Å². The zero-order valence-electron chi connectivity index (χ0n) is 10.8. The third-order valence-corrected chi connectivity index (χ3v) is 5.78. The van der Waals surface area contributed by atoms with Gasteiger partial charge in [-0.15, -0.1) is 22.7 Å². The number of carboxylic acid groups (broad SMARTS) is 1. The summed E-state index contributed by atoms with van der Waals surface area (Å²) in [6, 6.07) is 10.3. The van der Waals surface area contributed by atoms with Crippen molar-refractivity contribution in [2.75, 3.05) is 5.73 Å². The van der Waals surface area contributed by atoms with Gasteiger partial charge in [-0.2, -0.15) is 0 Å². The largest absolute Gasteiger partial charge is 0.477 e. The summed E-state index contributed by atoms with van der Waals surface area (Å²) in [6.45, 7) is 2.00. The second kappa shape index (κ2) is 4.92. The summed E-state index contributed by atoms with van der Waals surface area (Å²) in [5.74, 6) is -0.949. The number of carbonyl (C=O) groups is 1. The number of rotatable bonds is 3. The maximum Gasteiger partial charge on any atom is 0.348 e. The van der Waals surface area contributed by atoms with Gasteiger partial charge in [-0.25, -0.2) is 4.79 Å². The van der Waals surface area contributed by atoms with E-state index < -0.39 is 5.97 Å². The number of nitrogens with two attached hydrogens (primary N) is 1. The maximum atomic E-state index is 11.2. The van der Waals surface area contributed by atoms with Crippen LogP contribution in [-0.2, 0) is 6.42 Å². The quantitative estimate of drug-likeness (QED) is 0.750. The first-order valence-corrected chi connectivity index (χ1v) is 7.88. The van der Waals surface area contributed by atoms with Crippen LogP contribution < -0.4 is 5.73 Å². The van der Waals surface area contributed by atoms with Crippen molar-refractivity contribution >= 4 is 44.4 Å². The van der Waals surface area contributed by atoms with E-state index in [1.165, 1.54) is 21.4 Å². The fourth-order valence-corrected chi connectivity index (χ4v) is 4.62. The van der Waals surface area contributed by atoms with Gasteiger partial charge in [-0.05, 0) is 29.5 Å². The second-order valence-electron chi connectivity index (χ2n) is 4.46. The lowest BCUT2D eigenvalue weighted by atomic mass is 10.1. The van der Waals surface area contributed by atoms with Gasteiger partial charge in [0.2, 0.25) is 0 Å². The maximum absolute atomic E-state index is 11.2. The average molecular weight is 303 g/mol. The highest BCUT2D eigenvalue weighted by Crippen LogP contribution is 2.43. The molecule has 3 aromatic rings. The van der Waals surface area contributed by atoms with Crippen molar-refractivity contribution in [3.63, 3.8) is 0 Å². The normalized spacial score (nSPS) is 11.1. The smallest absolute Gasteiger partial charge is 0.348 e. The molecule has 0 saturated heterocycles. The lowest BCUT2D eigenvalue weighted by Gasteiger charge is -1.99. The fraction of sp³-hybridized carbons (Fsp3) is 0.133. The van der Waals surface area contributed by atoms with E-state index >= 15 is 0 Å². The number of carboxylic acids is 1. The van der Waals surface area contributed by atoms with E-state index in [1.807, 2.05) is 19.1 Å². The molecular formula is C15H13NO2S2. The summed E-state index contributed by atoms with van der Waals surface area (Å²) in [6.07, 6.45) is 0.735. The predicted octanol–water partition coefficient (Wildman–Crippen LogP) is 4.47. The molecule has 0 bridgehead atoms. The number of hydrogen-bond donors (Lipinski definition) is 2. The Bertz CT molecular complexity index is 768. The molecule has 102 valence electrons. The molecule has 20 heavy (non-hydrogen) atoms. The molecule has 2 aromatic heterocycles. The molecule has 0 aliphatic heterocycles. The first-order chi connectivity index (χ1) is 9.61. The monoisotopic (exact) mass is 303 g/mol. The molecular weight excluding hydrogens is 290 g/mol. The van der Waals surface area contributed by atoms with E-state index in [-0.39, 0.29) is 4.88 Å². The summed E-state index contributed by atoms with van der Waals surface area (Å²) >= 11 is 2.95. The zero-order chi connectivity index (χ0) is 14.3. The van der Waals surface area contributed by atoms with Crippen molar-refractivity contribution in [1.29, 1.82) is 0 Å². The van der Waals surface area contributed by atoms with Crippen molar-refractivity contribution in [3.8, 4) is 9.75 Å². The highest BCUT2D eigenvalue weighted by Gasteiger charge is 2.21. The van der Waals surface area contributed by atoms with E-state index in [9.17, 15) is 9.90 Å². The second-order valence-corrected chi connectivity index (χ2v) is 6.56. The third-order valence-electron chi connectivity index (χ3n) is 3.25. The molecule has 0 amide bonds. The number of nitrogen functional groups attached to an aromatic ring is 1. The van der Waals surface area contributed by atoms with Crippen molar-refractivity contribution < 1.29 is 9.90 Å². The Kier molecular flexibility index (Phi) is 3.23. The van der Waals surface area contributed by atoms with Crippen LogP contribution in [0.1, 0.15) is 22.2 Å². The molecule has 0 aliphatic rings. The summed E-state index contributed by atoms with van der Waals surface area (Å²) in [7, 11) is 0. The van der Waals surface area contributed by atoms with Crippen LogP contribution in [0.2, 0.25) is 0 Å². The van der Waals surface area contributed by atoms with E-state index in [0.717, 1.165) is 21.7 Å². The van der Waals surface area contributed by atoms with Crippen LogP contribution >= 0.6 is 22.7 Å². The van der Waals surface area contributed by atoms with Gasteiger partial charge in [0.1, 0.15) is 4.88 Å². The Labute approximate surface area is 124 Å². The first-order valence-electron chi connectivity index (χ1n) is 6.25. The predicted molar refractivity (Wildman–Crippen MR) is 85.9 cm³/mol. The molecule has 0 fully saturated rings. The van der Waals surface area contributed by atoms with Crippen LogP contribution in [0, 0.1) is 0 Å². The van der Waals surface area contributed by atoms with E-state index in [2.05, 4.69) is 18.2 Å². The Hall–Kier alpha value is -1.85. The average Bonchev–Trinajstić information content (AvgIpc) is 2.98. The minimum Gasteiger partial charge on any atom is -0.477 e. The van der Waals surface area contributed by atoms with E-state index in [0.29, 0.717) is 5.69 Å². The molecule has 3 rings (SSSR count). The number of fused-ring (bicyclic) bond motifs is 1. The molecule has 2 heterocycles. The molecule has 3 nitrogen and oxygen atoms in total. The Morgan fingerprint density at radius 2 is 2.05 bits per heavy atom. The van der Waals surface area contributed by atoms with Crippen molar-refractivity contribution in [2.45, 2.75) is 13.3 Å². The van der Waals surface area contributed by atoms with Gasteiger partial charge in [-0.1, -0.05) is 25.1 Å². The molecule has 1 aromatic carbocycles. The summed E-state index contributed by atoms with van der Waals surface area (Å²) < 4.78 is 1.20. The summed E-state index contributed by atoms with van der Waals surface area (Å²) in [5.41, 5.74) is 7.34. The Balaban J connectivity index is 2.22.